The van der Waals surface area contributed by atoms with Gasteiger partial charge in [-0.2, -0.15) is 0 Å². The summed E-state index contributed by atoms with van der Waals surface area (Å²) in [4.78, 5) is 24.3. The first-order chi connectivity index (χ1) is 8.06. The topological polar surface area (TPSA) is 37.4 Å². The summed E-state index contributed by atoms with van der Waals surface area (Å²) in [6.45, 7) is 1.95. The average Bonchev–Trinajstić information content (AvgIpc) is 2.58. The van der Waals surface area contributed by atoms with Crippen molar-refractivity contribution in [1.82, 2.24) is 0 Å². The van der Waals surface area contributed by atoms with Crippen LogP contribution in [0.3, 0.4) is 0 Å². The molecule has 0 saturated carbocycles. The zero-order chi connectivity index (χ0) is 12.4. The molecule has 0 spiro atoms. The number of amides is 1. The number of rotatable bonds is 2. The van der Waals surface area contributed by atoms with Crippen molar-refractivity contribution in [3.8, 4) is 0 Å². The maximum absolute atomic E-state index is 13.1. The summed E-state index contributed by atoms with van der Waals surface area (Å²) < 4.78 is 13.1. The molecule has 1 aliphatic rings. The van der Waals surface area contributed by atoms with Gasteiger partial charge in [0.1, 0.15) is 5.82 Å². The van der Waals surface area contributed by atoms with E-state index in [-0.39, 0.29) is 22.1 Å². The number of benzene rings is 1. The summed E-state index contributed by atoms with van der Waals surface area (Å²) in [6.07, 6.45) is 0.334. The van der Waals surface area contributed by atoms with E-state index in [1.165, 1.54) is 35.7 Å². The molecule has 0 N–H and O–H groups in total. The molecule has 17 heavy (non-hydrogen) atoms. The van der Waals surface area contributed by atoms with Gasteiger partial charge in [0.25, 0.3) is 0 Å². The van der Waals surface area contributed by atoms with Crippen molar-refractivity contribution in [2.45, 2.75) is 18.6 Å². The van der Waals surface area contributed by atoms with E-state index >= 15 is 0 Å². The third-order valence-corrected chi connectivity index (χ3v) is 3.52. The lowest BCUT2D eigenvalue weighted by Crippen LogP contribution is -2.24. The van der Waals surface area contributed by atoms with Crippen LogP contribution in [0.25, 0.3) is 0 Å². The minimum atomic E-state index is -0.363. The van der Waals surface area contributed by atoms with Crippen molar-refractivity contribution in [3.05, 3.63) is 30.1 Å². The Kier molecular flexibility index (Phi) is 3.47. The molecular weight excluding hydrogens is 241 g/mol. The molecule has 0 bridgehead atoms. The number of nitrogens with zero attached hydrogens (tertiary/aromatic N) is 1. The van der Waals surface area contributed by atoms with Crippen molar-refractivity contribution < 1.29 is 14.0 Å². The van der Waals surface area contributed by atoms with Gasteiger partial charge in [0.05, 0.1) is 0 Å². The fourth-order valence-corrected chi connectivity index (χ4v) is 2.80. The van der Waals surface area contributed by atoms with Gasteiger partial charge in [-0.3, -0.25) is 9.59 Å². The maximum Gasteiger partial charge on any atom is 0.228 e. The van der Waals surface area contributed by atoms with Crippen molar-refractivity contribution in [2.24, 2.45) is 0 Å². The summed E-state index contributed by atoms with van der Waals surface area (Å²) >= 11 is 1.17. The first-order valence-electron chi connectivity index (χ1n) is 5.29. The number of anilines is 1. The van der Waals surface area contributed by atoms with Crippen molar-refractivity contribution in [1.29, 1.82) is 0 Å². The summed E-state index contributed by atoms with van der Waals surface area (Å²) in [5.41, 5.74) is 0.557. The van der Waals surface area contributed by atoms with Crippen LogP contribution < -0.4 is 4.90 Å². The molecule has 2 rings (SSSR count). The van der Waals surface area contributed by atoms with Gasteiger partial charge >= 0.3 is 0 Å². The predicted molar refractivity (Wildman–Crippen MR) is 65.4 cm³/mol. The van der Waals surface area contributed by atoms with Crippen LogP contribution in [-0.4, -0.2) is 22.8 Å². The van der Waals surface area contributed by atoms with E-state index in [9.17, 15) is 14.0 Å². The molecule has 1 heterocycles. The maximum atomic E-state index is 13.1. The van der Waals surface area contributed by atoms with Crippen molar-refractivity contribution >= 4 is 28.5 Å². The third-order valence-electron chi connectivity index (χ3n) is 2.54. The lowest BCUT2D eigenvalue weighted by molar-refractivity contribution is -0.117. The van der Waals surface area contributed by atoms with Gasteiger partial charge in [-0.1, -0.05) is 17.8 Å². The van der Waals surface area contributed by atoms with Gasteiger partial charge in [-0.15, -0.1) is 0 Å². The molecule has 1 atom stereocenters. The molecule has 0 aromatic heterocycles. The SMILES string of the molecule is CC(=O)SC1CC(=O)N(c2cccc(F)c2)C1. The Balaban J connectivity index is 2.13. The second-order valence-electron chi connectivity index (χ2n) is 3.92. The second kappa shape index (κ2) is 4.87. The molecule has 1 fully saturated rings. The van der Waals surface area contributed by atoms with Crippen LogP contribution in [0.4, 0.5) is 10.1 Å². The molecule has 3 nitrogen and oxygen atoms in total. The Morgan fingerprint density at radius 2 is 2.29 bits per heavy atom. The van der Waals surface area contributed by atoms with E-state index < -0.39 is 0 Å². The zero-order valence-electron chi connectivity index (χ0n) is 9.35. The molecule has 1 aliphatic heterocycles. The lowest BCUT2D eigenvalue weighted by Gasteiger charge is -2.16. The van der Waals surface area contributed by atoms with E-state index in [4.69, 9.17) is 0 Å². The lowest BCUT2D eigenvalue weighted by atomic mass is 10.3. The zero-order valence-corrected chi connectivity index (χ0v) is 10.2. The molecule has 1 unspecified atom stereocenters. The fraction of sp³-hybridized carbons (Fsp3) is 0.333. The van der Waals surface area contributed by atoms with Gasteiger partial charge in [0.15, 0.2) is 5.12 Å². The van der Waals surface area contributed by atoms with Gasteiger partial charge in [-0.25, -0.2) is 4.39 Å². The Morgan fingerprint density at radius 1 is 1.53 bits per heavy atom. The number of thioether (sulfide) groups is 1. The van der Waals surface area contributed by atoms with Crippen LogP contribution in [0.2, 0.25) is 0 Å². The largest absolute Gasteiger partial charge is 0.311 e. The average molecular weight is 253 g/mol. The first kappa shape index (κ1) is 12.1. The van der Waals surface area contributed by atoms with Crippen molar-refractivity contribution in [3.63, 3.8) is 0 Å². The highest BCUT2D eigenvalue weighted by Gasteiger charge is 2.31. The second-order valence-corrected chi connectivity index (χ2v) is 5.40. The van der Waals surface area contributed by atoms with Crippen LogP contribution in [0.5, 0.6) is 0 Å². The van der Waals surface area contributed by atoms with Gasteiger partial charge in [0, 0.05) is 30.8 Å². The van der Waals surface area contributed by atoms with Crippen LogP contribution in [0.15, 0.2) is 24.3 Å². The molecule has 90 valence electrons. The number of carbonyl (C=O) groups is 2. The predicted octanol–water partition coefficient (Wildman–Crippen LogP) is 2.21. The molecular formula is C12H12FNO2S. The van der Waals surface area contributed by atoms with Gasteiger partial charge in [0.2, 0.25) is 5.91 Å². The smallest absolute Gasteiger partial charge is 0.228 e. The highest BCUT2D eigenvalue weighted by molar-refractivity contribution is 8.14. The van der Waals surface area contributed by atoms with Crippen LogP contribution >= 0.6 is 11.8 Å². The first-order valence-corrected chi connectivity index (χ1v) is 6.17. The number of halogens is 1. The Labute approximate surface area is 103 Å². The molecule has 1 aromatic rings. The summed E-state index contributed by atoms with van der Waals surface area (Å²) in [6, 6.07) is 5.94. The fourth-order valence-electron chi connectivity index (χ4n) is 1.88. The highest BCUT2D eigenvalue weighted by atomic mass is 32.2. The van der Waals surface area contributed by atoms with E-state index in [2.05, 4.69) is 0 Å². The van der Waals surface area contributed by atoms with E-state index in [0.717, 1.165) is 0 Å². The van der Waals surface area contributed by atoms with E-state index in [0.29, 0.717) is 18.7 Å². The molecule has 1 aromatic carbocycles. The van der Waals surface area contributed by atoms with Crippen LogP contribution in [-0.2, 0) is 9.59 Å². The molecule has 0 aliphatic carbocycles. The standard InChI is InChI=1S/C12H12FNO2S/c1-8(15)17-11-6-12(16)14(7-11)10-4-2-3-9(13)5-10/h2-5,11H,6-7H2,1H3. The minimum absolute atomic E-state index is 0.00360. The number of carbonyl (C=O) groups excluding carboxylic acids is 2. The van der Waals surface area contributed by atoms with Crippen LogP contribution in [0, 0.1) is 5.82 Å². The summed E-state index contributed by atoms with van der Waals surface area (Å²) in [5.74, 6) is -0.424. The molecule has 1 saturated heterocycles. The number of hydrogen-bond acceptors (Lipinski definition) is 3. The molecule has 0 radical (unpaired) electrons. The summed E-state index contributed by atoms with van der Waals surface area (Å²) in [5, 5.41) is -0.0211. The number of hydrogen-bond donors (Lipinski definition) is 0. The molecule has 5 heteroatoms. The highest BCUT2D eigenvalue weighted by Crippen LogP contribution is 2.28. The van der Waals surface area contributed by atoms with Gasteiger partial charge < -0.3 is 4.90 Å². The monoisotopic (exact) mass is 253 g/mol. The third kappa shape index (κ3) is 2.85. The quantitative estimate of drug-likeness (QED) is 0.811. The Bertz CT molecular complexity index is 464. The Hall–Kier alpha value is -1.36. The normalized spacial score (nSPS) is 19.8. The van der Waals surface area contributed by atoms with E-state index in [1.807, 2.05) is 0 Å². The van der Waals surface area contributed by atoms with Crippen molar-refractivity contribution in [2.75, 3.05) is 11.4 Å². The van der Waals surface area contributed by atoms with Crippen LogP contribution in [0.1, 0.15) is 13.3 Å². The summed E-state index contributed by atoms with van der Waals surface area (Å²) in [7, 11) is 0. The molecule has 1 amide bonds. The Morgan fingerprint density at radius 3 is 2.94 bits per heavy atom. The van der Waals surface area contributed by atoms with Gasteiger partial charge in [-0.05, 0) is 18.2 Å². The van der Waals surface area contributed by atoms with E-state index in [1.54, 1.807) is 12.1 Å². The minimum Gasteiger partial charge on any atom is -0.311 e.